The fraction of sp³-hybridized carbons (Fsp3) is 0.533. The average Bonchev–Trinajstić information content (AvgIpc) is 2.50. The molecule has 0 saturated carbocycles. The zero-order chi connectivity index (χ0) is 14.4. The van der Waals surface area contributed by atoms with Crippen LogP contribution in [0.4, 0.5) is 4.79 Å². The first kappa shape index (κ1) is 14.8. The molecule has 1 aliphatic rings. The number of carbonyl (C=O) groups is 1. The van der Waals surface area contributed by atoms with E-state index in [1.165, 1.54) is 0 Å². The summed E-state index contributed by atoms with van der Waals surface area (Å²) in [6.45, 7) is 5.93. The molecule has 1 saturated heterocycles. The van der Waals surface area contributed by atoms with Gasteiger partial charge in [0.15, 0.2) is 0 Å². The molecule has 1 heterocycles. The van der Waals surface area contributed by atoms with Crippen molar-refractivity contribution >= 4 is 6.09 Å². The summed E-state index contributed by atoms with van der Waals surface area (Å²) >= 11 is 0. The first-order valence-corrected chi connectivity index (χ1v) is 7.20. The van der Waals surface area contributed by atoms with Crippen molar-refractivity contribution in [3.63, 3.8) is 0 Å². The van der Waals surface area contributed by atoms with Gasteiger partial charge in [-0.3, -0.25) is 4.90 Å². The molecule has 1 aromatic rings. The second kappa shape index (κ2) is 7.26. The van der Waals surface area contributed by atoms with Gasteiger partial charge in [0, 0.05) is 38.8 Å². The molecule has 1 unspecified atom stereocenters. The Labute approximate surface area is 120 Å². The molecule has 2 rings (SSSR count). The number of piperazine rings is 1. The number of hydrogen-bond acceptors (Lipinski definition) is 4. The Balaban J connectivity index is 1.83. The van der Waals surface area contributed by atoms with Crippen LogP contribution in [0.5, 0.6) is 5.75 Å². The standard InChI is InChI=1S/C15H23N3O2/c1-2-13(12-16)17-8-10-18(11-9-17)15(19)20-14-6-4-3-5-7-14/h3-7,13H,2,8-12,16H2,1H3. The van der Waals surface area contributed by atoms with E-state index in [0.29, 0.717) is 31.4 Å². The third-order valence-electron chi connectivity index (χ3n) is 3.78. The van der Waals surface area contributed by atoms with E-state index in [9.17, 15) is 4.79 Å². The fourth-order valence-electron chi connectivity index (χ4n) is 2.50. The van der Waals surface area contributed by atoms with Crippen molar-refractivity contribution in [1.82, 2.24) is 9.80 Å². The number of nitrogens with zero attached hydrogens (tertiary/aromatic N) is 2. The lowest BCUT2D eigenvalue weighted by Crippen LogP contribution is -2.54. The predicted octanol–water partition coefficient (Wildman–Crippen LogP) is 1.54. The van der Waals surface area contributed by atoms with Gasteiger partial charge in [0.05, 0.1) is 0 Å². The summed E-state index contributed by atoms with van der Waals surface area (Å²) in [5, 5.41) is 0. The molecule has 0 spiro atoms. The van der Waals surface area contributed by atoms with E-state index in [4.69, 9.17) is 10.5 Å². The van der Waals surface area contributed by atoms with Gasteiger partial charge in [-0.15, -0.1) is 0 Å². The molecule has 1 amide bonds. The number of benzene rings is 1. The van der Waals surface area contributed by atoms with Crippen LogP contribution in [0.3, 0.4) is 0 Å². The Morgan fingerprint density at radius 3 is 2.45 bits per heavy atom. The highest BCUT2D eigenvalue weighted by Crippen LogP contribution is 2.13. The van der Waals surface area contributed by atoms with Crippen LogP contribution in [0, 0.1) is 0 Å². The molecular formula is C15H23N3O2. The average molecular weight is 277 g/mol. The Morgan fingerprint density at radius 2 is 1.90 bits per heavy atom. The Bertz CT molecular complexity index is 412. The van der Waals surface area contributed by atoms with Crippen molar-refractivity contribution in [3.05, 3.63) is 30.3 Å². The number of hydrogen-bond donors (Lipinski definition) is 1. The summed E-state index contributed by atoms with van der Waals surface area (Å²) in [6, 6.07) is 9.60. The smallest absolute Gasteiger partial charge is 0.410 e. The van der Waals surface area contributed by atoms with Crippen molar-refractivity contribution in [1.29, 1.82) is 0 Å². The Hall–Kier alpha value is -1.59. The number of carbonyl (C=O) groups excluding carboxylic acids is 1. The van der Waals surface area contributed by atoms with Crippen molar-refractivity contribution in [2.24, 2.45) is 5.73 Å². The minimum Gasteiger partial charge on any atom is -0.410 e. The monoisotopic (exact) mass is 277 g/mol. The zero-order valence-corrected chi connectivity index (χ0v) is 12.0. The van der Waals surface area contributed by atoms with Gasteiger partial charge in [0.1, 0.15) is 5.75 Å². The van der Waals surface area contributed by atoms with Crippen LogP contribution in [-0.4, -0.2) is 54.7 Å². The molecule has 1 fully saturated rings. The van der Waals surface area contributed by atoms with Gasteiger partial charge in [-0.1, -0.05) is 25.1 Å². The lowest BCUT2D eigenvalue weighted by atomic mass is 10.1. The van der Waals surface area contributed by atoms with Crippen LogP contribution in [0.1, 0.15) is 13.3 Å². The quantitative estimate of drug-likeness (QED) is 0.907. The van der Waals surface area contributed by atoms with Crippen LogP contribution in [-0.2, 0) is 0 Å². The van der Waals surface area contributed by atoms with Crippen molar-refractivity contribution < 1.29 is 9.53 Å². The minimum atomic E-state index is -0.267. The van der Waals surface area contributed by atoms with E-state index >= 15 is 0 Å². The van der Waals surface area contributed by atoms with E-state index < -0.39 is 0 Å². The maximum absolute atomic E-state index is 12.0. The molecule has 5 heteroatoms. The second-order valence-electron chi connectivity index (χ2n) is 5.00. The molecule has 1 aliphatic heterocycles. The summed E-state index contributed by atoms with van der Waals surface area (Å²) in [5.74, 6) is 0.591. The molecule has 1 atom stereocenters. The highest BCUT2D eigenvalue weighted by atomic mass is 16.6. The topological polar surface area (TPSA) is 58.8 Å². The highest BCUT2D eigenvalue weighted by Gasteiger charge is 2.25. The molecule has 0 aromatic heterocycles. The van der Waals surface area contributed by atoms with Crippen LogP contribution in [0.2, 0.25) is 0 Å². The molecule has 0 radical (unpaired) electrons. The third kappa shape index (κ3) is 3.71. The molecule has 110 valence electrons. The number of rotatable bonds is 4. The second-order valence-corrected chi connectivity index (χ2v) is 5.00. The lowest BCUT2D eigenvalue weighted by molar-refractivity contribution is 0.0893. The summed E-state index contributed by atoms with van der Waals surface area (Å²) in [5.41, 5.74) is 5.76. The van der Waals surface area contributed by atoms with E-state index in [-0.39, 0.29) is 6.09 Å². The van der Waals surface area contributed by atoms with Gasteiger partial charge in [0.25, 0.3) is 0 Å². The highest BCUT2D eigenvalue weighted by molar-refractivity contribution is 5.70. The number of nitrogens with two attached hydrogens (primary N) is 1. The maximum atomic E-state index is 12.0. The SMILES string of the molecule is CCC(CN)N1CCN(C(=O)Oc2ccccc2)CC1. The number of amides is 1. The lowest BCUT2D eigenvalue weighted by Gasteiger charge is -2.38. The Morgan fingerprint density at radius 1 is 1.25 bits per heavy atom. The molecule has 2 N–H and O–H groups in total. The van der Waals surface area contributed by atoms with E-state index in [1.54, 1.807) is 17.0 Å². The first-order chi connectivity index (χ1) is 9.74. The molecule has 20 heavy (non-hydrogen) atoms. The molecule has 0 bridgehead atoms. The largest absolute Gasteiger partial charge is 0.415 e. The summed E-state index contributed by atoms with van der Waals surface area (Å²) < 4.78 is 5.35. The van der Waals surface area contributed by atoms with E-state index in [0.717, 1.165) is 19.5 Å². The first-order valence-electron chi connectivity index (χ1n) is 7.20. The van der Waals surface area contributed by atoms with Gasteiger partial charge < -0.3 is 15.4 Å². The summed E-state index contributed by atoms with van der Waals surface area (Å²) in [7, 11) is 0. The maximum Gasteiger partial charge on any atom is 0.415 e. The van der Waals surface area contributed by atoms with Crippen LogP contribution >= 0.6 is 0 Å². The van der Waals surface area contributed by atoms with Crippen LogP contribution in [0.25, 0.3) is 0 Å². The molecule has 1 aromatic carbocycles. The number of ether oxygens (including phenoxy) is 1. The molecule has 5 nitrogen and oxygen atoms in total. The zero-order valence-electron chi connectivity index (χ0n) is 12.0. The molecular weight excluding hydrogens is 254 g/mol. The van der Waals surface area contributed by atoms with Crippen molar-refractivity contribution in [2.75, 3.05) is 32.7 Å². The van der Waals surface area contributed by atoms with Gasteiger partial charge in [0.2, 0.25) is 0 Å². The van der Waals surface area contributed by atoms with E-state index in [2.05, 4.69) is 11.8 Å². The predicted molar refractivity (Wildman–Crippen MR) is 78.7 cm³/mol. The van der Waals surface area contributed by atoms with E-state index in [1.807, 2.05) is 18.2 Å². The summed E-state index contributed by atoms with van der Waals surface area (Å²) in [6.07, 6.45) is 0.780. The Kier molecular flexibility index (Phi) is 5.38. The third-order valence-corrected chi connectivity index (χ3v) is 3.78. The summed E-state index contributed by atoms with van der Waals surface area (Å²) in [4.78, 5) is 16.2. The van der Waals surface area contributed by atoms with Gasteiger partial charge in [-0.2, -0.15) is 0 Å². The fourth-order valence-corrected chi connectivity index (χ4v) is 2.50. The van der Waals surface area contributed by atoms with Crippen molar-refractivity contribution in [3.8, 4) is 5.75 Å². The van der Waals surface area contributed by atoms with Crippen LogP contribution < -0.4 is 10.5 Å². The van der Waals surface area contributed by atoms with Gasteiger partial charge in [-0.05, 0) is 18.6 Å². The normalized spacial score (nSPS) is 17.8. The number of para-hydroxylation sites is 1. The van der Waals surface area contributed by atoms with Gasteiger partial charge >= 0.3 is 6.09 Å². The minimum absolute atomic E-state index is 0.267. The van der Waals surface area contributed by atoms with Crippen LogP contribution in [0.15, 0.2) is 30.3 Å². The van der Waals surface area contributed by atoms with Gasteiger partial charge in [-0.25, -0.2) is 4.79 Å². The molecule has 0 aliphatic carbocycles. The van der Waals surface area contributed by atoms with Crippen molar-refractivity contribution in [2.45, 2.75) is 19.4 Å².